The van der Waals surface area contributed by atoms with E-state index in [0.29, 0.717) is 10.8 Å². The first-order valence-electron chi connectivity index (χ1n) is 15.1. The van der Waals surface area contributed by atoms with E-state index in [1.54, 1.807) is 12.1 Å². The smallest absolute Gasteiger partial charge is 0.744 e. The first-order chi connectivity index (χ1) is 25.4. The van der Waals surface area contributed by atoms with E-state index in [1.165, 1.54) is 86.6 Å². The average Bonchev–Trinajstić information content (AvgIpc) is 3.10. The van der Waals surface area contributed by atoms with E-state index in [9.17, 15) is 56.4 Å². The second-order valence-electron chi connectivity index (χ2n) is 11.2. The van der Waals surface area contributed by atoms with Crippen molar-refractivity contribution in [2.24, 2.45) is 20.5 Å². The van der Waals surface area contributed by atoms with Crippen LogP contribution in [0.1, 0.15) is 11.1 Å². The van der Waals surface area contributed by atoms with Gasteiger partial charge in [-0.3, -0.25) is 20.2 Å². The largest absolute Gasteiger partial charge is 2.00 e. The van der Waals surface area contributed by atoms with Crippen LogP contribution in [0.4, 0.5) is 34.1 Å². The zero-order valence-corrected chi connectivity index (χ0v) is 32.3. The predicted molar refractivity (Wildman–Crippen MR) is 197 cm³/mol. The predicted octanol–water partition coefficient (Wildman–Crippen LogP) is 7.78. The summed E-state index contributed by atoms with van der Waals surface area (Å²) < 4.78 is 69.4. The number of nitrogens with zero attached hydrogens (tertiary/aromatic N) is 6. The molecule has 2 N–H and O–H groups in total. The number of hydrogen-bond acceptors (Lipinski definition) is 16. The minimum atomic E-state index is -4.83. The minimum absolute atomic E-state index is 0. The van der Waals surface area contributed by atoms with E-state index in [-0.39, 0.29) is 105 Å². The fourth-order valence-corrected chi connectivity index (χ4v) is 6.71. The summed E-state index contributed by atoms with van der Waals surface area (Å²) in [7, 11) is -9.66. The Labute approximate surface area is 341 Å². The Kier molecular flexibility index (Phi) is 13.0. The maximum absolute atomic E-state index is 11.6. The number of fused-ring (bicyclic) bond motifs is 2. The van der Waals surface area contributed by atoms with E-state index < -0.39 is 39.9 Å². The van der Waals surface area contributed by atoms with Gasteiger partial charge in [-0.25, -0.2) is 16.8 Å². The Morgan fingerprint density at radius 3 is 1.20 bits per heavy atom. The molecule has 0 aliphatic carbocycles. The number of aromatic hydroxyl groups is 2. The van der Waals surface area contributed by atoms with Gasteiger partial charge in [0.05, 0.1) is 42.1 Å². The van der Waals surface area contributed by atoms with Crippen molar-refractivity contribution in [3.05, 3.63) is 128 Å². The Hall–Kier alpha value is -5.48. The summed E-state index contributed by atoms with van der Waals surface area (Å²) in [5.41, 5.74) is 0.103. The molecule has 0 unspecified atom stereocenters. The summed E-state index contributed by atoms with van der Waals surface area (Å²) >= 11 is 0. The van der Waals surface area contributed by atoms with Crippen LogP contribution in [0.2, 0.25) is 0 Å². The summed E-state index contributed by atoms with van der Waals surface area (Å²) in [4.78, 5) is 19.8. The van der Waals surface area contributed by atoms with Gasteiger partial charge in [0.15, 0.2) is 0 Å². The van der Waals surface area contributed by atoms with E-state index in [1.807, 2.05) is 0 Å². The number of nitro benzene ring substituents is 2. The van der Waals surface area contributed by atoms with Crippen LogP contribution < -0.4 is 0 Å². The number of benzene rings is 6. The summed E-state index contributed by atoms with van der Waals surface area (Å²) in [6.07, 6.45) is 0. The van der Waals surface area contributed by atoms with Crippen molar-refractivity contribution in [1.82, 2.24) is 0 Å². The van der Waals surface area contributed by atoms with Crippen LogP contribution >= 0.6 is 0 Å². The molecule has 0 radical (unpaired) electrons. The molecule has 0 fully saturated rings. The van der Waals surface area contributed by atoms with Gasteiger partial charge in [0.1, 0.15) is 43.1 Å². The van der Waals surface area contributed by atoms with Gasteiger partial charge in [-0.15, -0.1) is 20.5 Å². The molecule has 0 amide bonds. The molecule has 21 heteroatoms. The Morgan fingerprint density at radius 1 is 0.527 bits per heavy atom. The summed E-state index contributed by atoms with van der Waals surface area (Å²) in [5, 5.41) is 58.5. The van der Waals surface area contributed by atoms with Gasteiger partial charge in [-0.05, 0) is 61.0 Å². The topological polar surface area (TPSA) is 291 Å². The SMILES string of the molecule is Cc1c(N=Nc2c(O)ccc3cccc(S(=O)(=O)[O-])c23)cccc1[N+](=O)[O-].Cc1c(N=Nc2c(O)ccc3cccc(S(=O)(=O)[O-])c23)cccc1[N+](=O)[O-].[Ca+2]. The standard InChI is InChI=1S/2C17H13N3O6S.Ca/c2*1-10-12(5-3-6-13(10)20(22)23)18-19-17-14(21)9-8-11-4-2-7-15(16(11)17)27(24,25)26;/h2*2-9,21H,1H3,(H,24,25,26);/q;;+2/p-2. The summed E-state index contributed by atoms with van der Waals surface area (Å²) in [5.74, 6) is -0.768. The molecule has 55 heavy (non-hydrogen) atoms. The number of hydrogen-bond donors (Lipinski definition) is 2. The van der Waals surface area contributed by atoms with Crippen LogP contribution in [0, 0.1) is 34.1 Å². The van der Waals surface area contributed by atoms with Gasteiger partial charge in [-0.1, -0.05) is 48.5 Å². The maximum Gasteiger partial charge on any atom is 2.00 e. The molecular weight excluding hydrogens is 789 g/mol. The van der Waals surface area contributed by atoms with E-state index in [0.717, 1.165) is 12.1 Å². The second kappa shape index (κ2) is 16.9. The first kappa shape index (κ1) is 42.3. The van der Waals surface area contributed by atoms with Crippen LogP contribution in [-0.2, 0) is 20.2 Å². The molecule has 6 aromatic carbocycles. The fourth-order valence-electron chi connectivity index (χ4n) is 5.29. The van der Waals surface area contributed by atoms with Crippen molar-refractivity contribution in [2.45, 2.75) is 23.6 Å². The zero-order valence-electron chi connectivity index (χ0n) is 28.4. The number of rotatable bonds is 8. The monoisotopic (exact) mass is 812 g/mol. The molecule has 6 rings (SSSR count). The molecule has 0 aromatic heterocycles. The molecule has 0 aliphatic heterocycles. The van der Waals surface area contributed by atoms with Gasteiger partial charge in [0.2, 0.25) is 0 Å². The van der Waals surface area contributed by atoms with Crippen LogP contribution in [0.25, 0.3) is 21.5 Å². The third-order valence-corrected chi connectivity index (χ3v) is 9.68. The van der Waals surface area contributed by atoms with Crippen molar-refractivity contribution in [3.63, 3.8) is 0 Å². The van der Waals surface area contributed by atoms with Gasteiger partial charge in [0, 0.05) is 22.9 Å². The van der Waals surface area contributed by atoms with Gasteiger partial charge < -0.3 is 19.3 Å². The fraction of sp³-hybridized carbons (Fsp3) is 0.0588. The molecule has 0 aliphatic rings. The van der Waals surface area contributed by atoms with Crippen molar-refractivity contribution >= 4 is 114 Å². The molecule has 0 bridgehead atoms. The molecule has 276 valence electrons. The van der Waals surface area contributed by atoms with E-state index in [2.05, 4.69) is 20.5 Å². The molecule has 0 saturated carbocycles. The van der Waals surface area contributed by atoms with E-state index >= 15 is 0 Å². The molecule has 18 nitrogen and oxygen atoms in total. The van der Waals surface area contributed by atoms with Crippen LogP contribution in [0.3, 0.4) is 0 Å². The van der Waals surface area contributed by atoms with Gasteiger partial charge in [0.25, 0.3) is 11.4 Å². The molecule has 0 saturated heterocycles. The number of azo groups is 2. The Morgan fingerprint density at radius 2 is 0.873 bits per heavy atom. The molecule has 6 aromatic rings. The Bertz CT molecular complexity index is 2610. The third kappa shape index (κ3) is 9.25. The molecule has 0 heterocycles. The Balaban J connectivity index is 0.000000240. The number of phenolic OH excluding ortho intramolecular Hbond substituents is 2. The summed E-state index contributed by atoms with van der Waals surface area (Å²) in [6, 6.07) is 22.0. The molecular formula is C34H24CaN6O12S2. The quantitative estimate of drug-likeness (QED) is 0.0489. The normalized spacial score (nSPS) is 11.7. The van der Waals surface area contributed by atoms with E-state index in [4.69, 9.17) is 0 Å². The van der Waals surface area contributed by atoms with Crippen LogP contribution in [-0.4, -0.2) is 83.7 Å². The van der Waals surface area contributed by atoms with Crippen molar-refractivity contribution in [3.8, 4) is 11.5 Å². The first-order valence-corrected chi connectivity index (χ1v) is 17.9. The van der Waals surface area contributed by atoms with Crippen LogP contribution in [0.5, 0.6) is 11.5 Å². The summed E-state index contributed by atoms with van der Waals surface area (Å²) in [6.45, 7) is 2.98. The van der Waals surface area contributed by atoms with Crippen molar-refractivity contribution in [1.29, 1.82) is 0 Å². The maximum atomic E-state index is 11.6. The van der Waals surface area contributed by atoms with Crippen molar-refractivity contribution in [2.75, 3.05) is 0 Å². The molecule has 0 atom stereocenters. The third-order valence-electron chi connectivity index (χ3n) is 7.92. The van der Waals surface area contributed by atoms with Gasteiger partial charge in [-0.2, -0.15) is 0 Å². The minimum Gasteiger partial charge on any atom is -0.744 e. The number of phenols is 2. The number of nitro groups is 2. The van der Waals surface area contributed by atoms with Gasteiger partial charge >= 0.3 is 37.7 Å². The average molecular weight is 813 g/mol. The second-order valence-corrected chi connectivity index (χ2v) is 13.9. The van der Waals surface area contributed by atoms with Crippen LogP contribution in [0.15, 0.2) is 127 Å². The van der Waals surface area contributed by atoms with Crippen molar-refractivity contribution < 1.29 is 46.0 Å². The molecule has 0 spiro atoms. The zero-order chi connectivity index (χ0) is 39.5.